The van der Waals surface area contributed by atoms with Gasteiger partial charge in [0.05, 0.1) is 18.3 Å². The van der Waals surface area contributed by atoms with Crippen molar-refractivity contribution in [3.63, 3.8) is 0 Å². The Kier molecular flexibility index (Phi) is 3.83. The quantitative estimate of drug-likeness (QED) is 0.471. The van der Waals surface area contributed by atoms with Gasteiger partial charge in [0.15, 0.2) is 0 Å². The van der Waals surface area contributed by atoms with Gasteiger partial charge >= 0.3 is 0 Å². The van der Waals surface area contributed by atoms with E-state index in [-0.39, 0.29) is 0 Å². The second-order valence-electron chi connectivity index (χ2n) is 7.29. The van der Waals surface area contributed by atoms with Gasteiger partial charge in [-0.05, 0) is 53.6 Å². The van der Waals surface area contributed by atoms with Crippen molar-refractivity contribution in [1.29, 1.82) is 0 Å². The highest BCUT2D eigenvalue weighted by Gasteiger charge is 2.24. The van der Waals surface area contributed by atoms with E-state index in [4.69, 9.17) is 9.72 Å². The molecule has 0 N–H and O–H groups in total. The molecule has 0 aliphatic carbocycles. The highest BCUT2D eigenvalue weighted by Crippen LogP contribution is 2.39. The van der Waals surface area contributed by atoms with Crippen molar-refractivity contribution in [2.75, 3.05) is 20.7 Å². The number of rotatable bonds is 2. The minimum Gasteiger partial charge on any atom is -0.496 e. The van der Waals surface area contributed by atoms with Crippen LogP contribution in [0, 0.1) is 0 Å². The van der Waals surface area contributed by atoms with Crippen LogP contribution < -0.4 is 4.74 Å². The van der Waals surface area contributed by atoms with Crippen LogP contribution in [-0.2, 0) is 13.0 Å². The zero-order valence-electron chi connectivity index (χ0n) is 15.7. The third-order valence-corrected chi connectivity index (χ3v) is 5.62. The van der Waals surface area contributed by atoms with E-state index in [1.165, 1.54) is 27.3 Å². The first-order chi connectivity index (χ1) is 13.3. The normalized spacial score (nSPS) is 14.4. The number of methoxy groups -OCH3 is 1. The minimum atomic E-state index is 0.876. The van der Waals surface area contributed by atoms with Crippen LogP contribution in [0.5, 0.6) is 5.75 Å². The van der Waals surface area contributed by atoms with E-state index >= 15 is 0 Å². The second kappa shape index (κ2) is 6.36. The number of hydrogen-bond donors (Lipinski definition) is 0. The summed E-state index contributed by atoms with van der Waals surface area (Å²) in [6.07, 6.45) is 1.04. The summed E-state index contributed by atoms with van der Waals surface area (Å²) < 4.78 is 5.65. The molecule has 0 radical (unpaired) electrons. The van der Waals surface area contributed by atoms with Crippen LogP contribution >= 0.6 is 0 Å². The molecule has 5 rings (SSSR count). The molecule has 4 aromatic rings. The van der Waals surface area contributed by atoms with Crippen molar-refractivity contribution >= 4 is 21.7 Å². The molecule has 0 amide bonds. The molecule has 0 atom stereocenters. The smallest absolute Gasteiger partial charge is 0.128 e. The summed E-state index contributed by atoms with van der Waals surface area (Å²) in [5.41, 5.74) is 5.96. The molecule has 0 saturated heterocycles. The first-order valence-electron chi connectivity index (χ1n) is 9.41. The lowest BCUT2D eigenvalue weighted by Crippen LogP contribution is -2.27. The van der Waals surface area contributed by atoms with Gasteiger partial charge in [0.2, 0.25) is 0 Å². The number of fused-ring (bicyclic) bond motifs is 5. The number of hydrogen-bond acceptors (Lipinski definition) is 3. The van der Waals surface area contributed by atoms with Gasteiger partial charge in [0, 0.05) is 24.0 Å². The summed E-state index contributed by atoms with van der Waals surface area (Å²) in [6.45, 7) is 1.98. The lowest BCUT2D eigenvalue weighted by Gasteiger charge is -2.28. The number of benzene rings is 3. The lowest BCUT2D eigenvalue weighted by atomic mass is 9.89. The van der Waals surface area contributed by atoms with Crippen LogP contribution in [0.1, 0.15) is 11.1 Å². The molecule has 3 aromatic carbocycles. The predicted octanol–water partition coefficient (Wildman–Crippen LogP) is 5.05. The molecule has 1 aromatic heterocycles. The fourth-order valence-corrected chi connectivity index (χ4v) is 4.31. The maximum absolute atomic E-state index is 5.65. The first-order valence-corrected chi connectivity index (χ1v) is 9.41. The number of ether oxygens (including phenoxy) is 1. The molecular weight excluding hydrogens is 332 g/mol. The number of para-hydroxylation sites is 1. The number of pyridine rings is 1. The Morgan fingerprint density at radius 1 is 0.926 bits per heavy atom. The highest BCUT2D eigenvalue weighted by molar-refractivity contribution is 6.09. The van der Waals surface area contributed by atoms with Gasteiger partial charge in [-0.25, -0.2) is 4.98 Å². The second-order valence-corrected chi connectivity index (χ2v) is 7.29. The van der Waals surface area contributed by atoms with Crippen LogP contribution in [0.25, 0.3) is 32.9 Å². The van der Waals surface area contributed by atoms with Gasteiger partial charge in [0.25, 0.3) is 0 Å². The standard InChI is InChI=1S/C24H22N2O/c1-26-14-13-18-20(15-26)24(19-9-5-6-10-22(19)27-2)25-21-12-11-16-7-3-4-8-17(16)23(18)21/h3-12H,13-15H2,1-2H3. The summed E-state index contributed by atoms with van der Waals surface area (Å²) in [4.78, 5) is 7.52. The monoisotopic (exact) mass is 354 g/mol. The van der Waals surface area contributed by atoms with Crippen LogP contribution in [0.4, 0.5) is 0 Å². The Labute approximate surface area is 159 Å². The van der Waals surface area contributed by atoms with Gasteiger partial charge in [-0.1, -0.05) is 42.5 Å². The Morgan fingerprint density at radius 3 is 2.63 bits per heavy atom. The maximum atomic E-state index is 5.65. The van der Waals surface area contributed by atoms with E-state index in [2.05, 4.69) is 60.5 Å². The summed E-state index contributed by atoms with van der Waals surface area (Å²) in [5, 5.41) is 3.89. The molecule has 3 nitrogen and oxygen atoms in total. The van der Waals surface area contributed by atoms with Gasteiger partial charge in [0.1, 0.15) is 5.75 Å². The van der Waals surface area contributed by atoms with E-state index < -0.39 is 0 Å². The number of nitrogens with zero attached hydrogens (tertiary/aromatic N) is 2. The molecule has 134 valence electrons. The van der Waals surface area contributed by atoms with E-state index in [1.807, 2.05) is 12.1 Å². The molecule has 3 heteroatoms. The van der Waals surface area contributed by atoms with Crippen molar-refractivity contribution in [2.24, 2.45) is 0 Å². The van der Waals surface area contributed by atoms with Crippen molar-refractivity contribution in [3.05, 3.63) is 71.8 Å². The van der Waals surface area contributed by atoms with Crippen LogP contribution in [0.2, 0.25) is 0 Å². The highest BCUT2D eigenvalue weighted by atomic mass is 16.5. The van der Waals surface area contributed by atoms with Gasteiger partial charge < -0.3 is 9.64 Å². The van der Waals surface area contributed by atoms with Gasteiger partial charge in [-0.3, -0.25) is 0 Å². The fraction of sp³-hybridized carbons (Fsp3) is 0.208. The van der Waals surface area contributed by atoms with E-state index in [0.29, 0.717) is 0 Å². The molecular formula is C24H22N2O. The fourth-order valence-electron chi connectivity index (χ4n) is 4.31. The zero-order chi connectivity index (χ0) is 18.4. The van der Waals surface area contributed by atoms with Gasteiger partial charge in [-0.2, -0.15) is 0 Å². The Morgan fingerprint density at radius 2 is 1.74 bits per heavy atom. The molecule has 0 saturated carbocycles. The molecule has 2 heterocycles. The minimum absolute atomic E-state index is 0.876. The Bertz CT molecular complexity index is 1170. The van der Waals surface area contributed by atoms with E-state index in [1.54, 1.807) is 7.11 Å². The van der Waals surface area contributed by atoms with Crippen LogP contribution in [-0.4, -0.2) is 30.6 Å². The van der Waals surface area contributed by atoms with Crippen LogP contribution in [0.15, 0.2) is 60.7 Å². The topological polar surface area (TPSA) is 25.4 Å². The Balaban J connectivity index is 1.90. The predicted molar refractivity (Wildman–Crippen MR) is 111 cm³/mol. The van der Waals surface area contributed by atoms with E-state index in [9.17, 15) is 0 Å². The van der Waals surface area contributed by atoms with Crippen molar-refractivity contribution in [1.82, 2.24) is 9.88 Å². The summed E-state index contributed by atoms with van der Waals surface area (Å²) in [5.74, 6) is 0.876. The first kappa shape index (κ1) is 16.3. The summed E-state index contributed by atoms with van der Waals surface area (Å²) in [6, 6.07) is 21.2. The van der Waals surface area contributed by atoms with Crippen molar-refractivity contribution < 1.29 is 4.74 Å². The maximum Gasteiger partial charge on any atom is 0.128 e. The average molecular weight is 354 g/mol. The SMILES string of the molecule is COc1ccccc1-c1nc2ccc3ccccc3c2c2c1CN(C)CC2. The molecule has 1 aliphatic heterocycles. The third kappa shape index (κ3) is 2.58. The largest absolute Gasteiger partial charge is 0.496 e. The summed E-state index contributed by atoms with van der Waals surface area (Å²) >= 11 is 0. The molecule has 0 fully saturated rings. The molecule has 0 bridgehead atoms. The van der Waals surface area contributed by atoms with Crippen LogP contribution in [0.3, 0.4) is 0 Å². The molecule has 0 spiro atoms. The summed E-state index contributed by atoms with van der Waals surface area (Å²) in [7, 11) is 3.91. The van der Waals surface area contributed by atoms with Gasteiger partial charge in [-0.15, -0.1) is 0 Å². The Hall–Kier alpha value is -2.91. The average Bonchev–Trinajstić information content (AvgIpc) is 2.72. The molecule has 0 unspecified atom stereocenters. The third-order valence-electron chi connectivity index (χ3n) is 5.62. The lowest BCUT2D eigenvalue weighted by molar-refractivity contribution is 0.314. The molecule has 1 aliphatic rings. The van der Waals surface area contributed by atoms with E-state index in [0.717, 1.165) is 42.0 Å². The number of aromatic nitrogens is 1. The number of likely N-dealkylation sites (N-methyl/N-ethyl adjacent to an activating group) is 1. The van der Waals surface area contributed by atoms with Crippen molar-refractivity contribution in [3.8, 4) is 17.0 Å². The zero-order valence-corrected chi connectivity index (χ0v) is 15.7. The molecule has 27 heavy (non-hydrogen) atoms. The van der Waals surface area contributed by atoms with Crippen molar-refractivity contribution in [2.45, 2.75) is 13.0 Å².